The normalized spacial score (nSPS) is 13.9. The number of nitrogens with two attached hydrogens (primary N) is 1. The van der Waals surface area contributed by atoms with Gasteiger partial charge in [0.15, 0.2) is 0 Å². The minimum absolute atomic E-state index is 0.0614. The summed E-state index contributed by atoms with van der Waals surface area (Å²) in [4.78, 5) is 60.2. The van der Waals surface area contributed by atoms with Crippen molar-refractivity contribution in [3.63, 3.8) is 0 Å². The number of carbonyl (C=O) groups excluding carboxylic acids is 4. The second-order valence-corrected chi connectivity index (χ2v) is 9.51. The largest absolute Gasteiger partial charge is 0.480 e. The van der Waals surface area contributed by atoms with Crippen molar-refractivity contribution in [2.75, 3.05) is 13.1 Å². The second-order valence-electron chi connectivity index (χ2n) is 9.51. The van der Waals surface area contributed by atoms with Crippen LogP contribution in [-0.2, 0) is 24.0 Å². The number of amides is 4. The topological polar surface area (TPSA) is 180 Å². The zero-order valence-electron chi connectivity index (χ0n) is 20.6. The molecule has 3 unspecified atom stereocenters. The van der Waals surface area contributed by atoms with E-state index >= 15 is 0 Å². The van der Waals surface area contributed by atoms with E-state index in [4.69, 9.17) is 5.73 Å². The Labute approximate surface area is 196 Å². The van der Waals surface area contributed by atoms with E-state index in [2.05, 4.69) is 21.3 Å². The molecule has 0 spiro atoms. The number of carbonyl (C=O) groups is 5. The van der Waals surface area contributed by atoms with Crippen LogP contribution in [-0.4, -0.2) is 65.9 Å². The molecule has 11 heteroatoms. The summed E-state index contributed by atoms with van der Waals surface area (Å²) in [5, 5.41) is 19.0. The molecule has 7 N–H and O–H groups in total. The van der Waals surface area contributed by atoms with Crippen molar-refractivity contribution in [3.05, 3.63) is 0 Å². The van der Waals surface area contributed by atoms with Crippen LogP contribution in [0.2, 0.25) is 0 Å². The molecular formula is C22H41N5O6. The van der Waals surface area contributed by atoms with Crippen molar-refractivity contribution < 1.29 is 29.1 Å². The smallest absolute Gasteiger partial charge is 0.326 e. The molecule has 0 saturated heterocycles. The highest BCUT2D eigenvalue weighted by molar-refractivity contribution is 5.93. The molecule has 0 heterocycles. The highest BCUT2D eigenvalue weighted by Gasteiger charge is 2.25. The van der Waals surface area contributed by atoms with Crippen molar-refractivity contribution in [1.29, 1.82) is 0 Å². The number of carboxylic acid groups (broad SMARTS) is 1. The summed E-state index contributed by atoms with van der Waals surface area (Å²) in [5.41, 5.74) is 5.78. The van der Waals surface area contributed by atoms with Crippen LogP contribution >= 0.6 is 0 Å². The van der Waals surface area contributed by atoms with Crippen molar-refractivity contribution >= 4 is 29.6 Å². The summed E-state index contributed by atoms with van der Waals surface area (Å²) < 4.78 is 0. The zero-order chi connectivity index (χ0) is 25.7. The van der Waals surface area contributed by atoms with Gasteiger partial charge >= 0.3 is 5.97 Å². The number of hydrogen-bond donors (Lipinski definition) is 6. The van der Waals surface area contributed by atoms with E-state index in [0.29, 0.717) is 12.8 Å². The predicted octanol–water partition coefficient (Wildman–Crippen LogP) is -0.261. The fraction of sp³-hybridized carbons (Fsp3) is 0.773. The fourth-order valence-electron chi connectivity index (χ4n) is 3.09. The lowest BCUT2D eigenvalue weighted by molar-refractivity contribution is -0.142. The first-order valence-corrected chi connectivity index (χ1v) is 11.3. The van der Waals surface area contributed by atoms with E-state index in [1.807, 2.05) is 41.5 Å². The zero-order valence-corrected chi connectivity index (χ0v) is 20.6. The summed E-state index contributed by atoms with van der Waals surface area (Å²) >= 11 is 0. The van der Waals surface area contributed by atoms with Crippen molar-refractivity contribution in [3.8, 4) is 0 Å². The number of hydrogen-bond acceptors (Lipinski definition) is 6. The van der Waals surface area contributed by atoms with Gasteiger partial charge < -0.3 is 32.1 Å². The maximum Gasteiger partial charge on any atom is 0.326 e. The predicted molar refractivity (Wildman–Crippen MR) is 124 cm³/mol. The van der Waals surface area contributed by atoms with Gasteiger partial charge in [-0.15, -0.1) is 0 Å². The van der Waals surface area contributed by atoms with Gasteiger partial charge in [-0.05, 0) is 37.0 Å². The van der Waals surface area contributed by atoms with Crippen LogP contribution in [0.4, 0.5) is 0 Å². The third-order valence-corrected chi connectivity index (χ3v) is 4.61. The third-order valence-electron chi connectivity index (χ3n) is 4.61. The van der Waals surface area contributed by atoms with E-state index in [1.54, 1.807) is 0 Å². The molecule has 0 aromatic heterocycles. The number of rotatable bonds is 15. The molecule has 0 radical (unpaired) electrons. The SMILES string of the molecule is CC(C)CC(N)C(=O)NCC(=O)NC(CC(C)C)C(=O)NCC(=O)NC(CC(C)C)C(=O)O. The quantitative estimate of drug-likeness (QED) is 0.190. The molecular weight excluding hydrogens is 430 g/mol. The molecule has 0 saturated carbocycles. The molecule has 0 aliphatic rings. The van der Waals surface area contributed by atoms with Gasteiger partial charge in [-0.2, -0.15) is 0 Å². The Morgan fingerprint density at radius 3 is 1.48 bits per heavy atom. The van der Waals surface area contributed by atoms with Crippen LogP contribution in [0.5, 0.6) is 0 Å². The number of carboxylic acids is 1. The van der Waals surface area contributed by atoms with E-state index in [9.17, 15) is 29.1 Å². The minimum atomic E-state index is -1.15. The van der Waals surface area contributed by atoms with Crippen molar-refractivity contribution in [1.82, 2.24) is 21.3 Å². The lowest BCUT2D eigenvalue weighted by Crippen LogP contribution is -2.53. The Balaban J connectivity index is 4.79. The van der Waals surface area contributed by atoms with Crippen molar-refractivity contribution in [2.45, 2.75) is 78.9 Å². The maximum atomic E-state index is 12.6. The van der Waals surface area contributed by atoms with E-state index in [0.717, 1.165) is 0 Å². The lowest BCUT2D eigenvalue weighted by atomic mass is 10.0. The molecule has 0 aromatic carbocycles. The number of aliphatic carboxylic acids is 1. The molecule has 3 atom stereocenters. The minimum Gasteiger partial charge on any atom is -0.480 e. The molecule has 4 amide bonds. The van der Waals surface area contributed by atoms with Gasteiger partial charge in [0.05, 0.1) is 19.1 Å². The summed E-state index contributed by atoms with van der Waals surface area (Å²) in [6.07, 6.45) is 1.05. The van der Waals surface area contributed by atoms with Gasteiger partial charge in [-0.3, -0.25) is 19.2 Å². The summed E-state index contributed by atoms with van der Waals surface area (Å²) in [6, 6.07) is -2.69. The monoisotopic (exact) mass is 471 g/mol. The van der Waals surface area contributed by atoms with Crippen LogP contribution in [0.1, 0.15) is 60.8 Å². The first kappa shape index (κ1) is 30.3. The molecule has 0 rings (SSSR count). The Hall–Kier alpha value is -2.69. The Morgan fingerprint density at radius 2 is 1.06 bits per heavy atom. The maximum absolute atomic E-state index is 12.6. The first-order valence-electron chi connectivity index (χ1n) is 11.3. The Morgan fingerprint density at radius 1 is 0.667 bits per heavy atom. The molecule has 0 aromatic rings. The summed E-state index contributed by atoms with van der Waals surface area (Å²) in [5.74, 6) is -3.03. The summed E-state index contributed by atoms with van der Waals surface area (Å²) in [6.45, 7) is 10.5. The van der Waals surface area contributed by atoms with Crippen LogP contribution in [0.3, 0.4) is 0 Å². The average molecular weight is 472 g/mol. The molecule has 0 aliphatic heterocycles. The van der Waals surface area contributed by atoms with E-state index in [1.165, 1.54) is 0 Å². The van der Waals surface area contributed by atoms with Crippen LogP contribution < -0.4 is 27.0 Å². The average Bonchev–Trinajstić information content (AvgIpc) is 2.67. The fourth-order valence-corrected chi connectivity index (χ4v) is 3.09. The molecule has 0 bridgehead atoms. The van der Waals surface area contributed by atoms with Crippen LogP contribution in [0.15, 0.2) is 0 Å². The second kappa shape index (κ2) is 15.2. The number of nitrogens with one attached hydrogen (secondary N) is 4. The standard InChI is InChI=1S/C22H41N5O6/c1-12(2)7-15(23)20(30)24-10-18(28)26-16(8-13(3)4)21(31)25-11-19(29)27-17(22(32)33)9-14(5)6/h12-17H,7-11,23H2,1-6H3,(H,24,30)(H,25,31)(H,26,28)(H,27,29)(H,32,33). The molecule has 11 nitrogen and oxygen atoms in total. The molecule has 0 fully saturated rings. The highest BCUT2D eigenvalue weighted by Crippen LogP contribution is 2.06. The van der Waals surface area contributed by atoms with Gasteiger partial charge in [0, 0.05) is 0 Å². The molecule has 33 heavy (non-hydrogen) atoms. The summed E-state index contributed by atoms with van der Waals surface area (Å²) in [7, 11) is 0. The van der Waals surface area contributed by atoms with Gasteiger partial charge in [0.2, 0.25) is 23.6 Å². The Bertz CT molecular complexity index is 680. The van der Waals surface area contributed by atoms with Gasteiger partial charge in [0.1, 0.15) is 12.1 Å². The molecule has 0 aliphatic carbocycles. The molecule has 190 valence electrons. The van der Waals surface area contributed by atoms with Crippen LogP contribution in [0, 0.1) is 17.8 Å². The van der Waals surface area contributed by atoms with Crippen molar-refractivity contribution in [2.24, 2.45) is 23.5 Å². The van der Waals surface area contributed by atoms with Gasteiger partial charge in [0.25, 0.3) is 0 Å². The van der Waals surface area contributed by atoms with Crippen LogP contribution in [0.25, 0.3) is 0 Å². The first-order chi connectivity index (χ1) is 15.2. The Kier molecular flexibility index (Phi) is 14.0. The highest BCUT2D eigenvalue weighted by atomic mass is 16.4. The van der Waals surface area contributed by atoms with Gasteiger partial charge in [-0.1, -0.05) is 41.5 Å². The van der Waals surface area contributed by atoms with E-state index in [-0.39, 0.29) is 30.7 Å². The third kappa shape index (κ3) is 14.1. The lowest BCUT2D eigenvalue weighted by Gasteiger charge is -2.21. The van der Waals surface area contributed by atoms with E-state index < -0.39 is 54.3 Å². The van der Waals surface area contributed by atoms with Gasteiger partial charge in [-0.25, -0.2) is 4.79 Å².